The van der Waals surface area contributed by atoms with Crippen molar-refractivity contribution in [3.05, 3.63) is 36.0 Å². The Morgan fingerprint density at radius 3 is 2.57 bits per heavy atom. The number of aromatic amines is 1. The summed E-state index contributed by atoms with van der Waals surface area (Å²) in [4.78, 5) is 15.6. The molecule has 1 aromatic heterocycles. The van der Waals surface area contributed by atoms with E-state index in [1.54, 1.807) is 0 Å². The van der Waals surface area contributed by atoms with Crippen LogP contribution >= 0.6 is 0 Å². The molecule has 0 unspecified atom stereocenters. The van der Waals surface area contributed by atoms with Gasteiger partial charge in [0, 0.05) is 23.3 Å². The van der Waals surface area contributed by atoms with Crippen LogP contribution < -0.4 is 5.32 Å². The van der Waals surface area contributed by atoms with E-state index in [4.69, 9.17) is 0 Å². The predicted molar refractivity (Wildman–Crippen MR) is 86.3 cm³/mol. The van der Waals surface area contributed by atoms with E-state index in [0.717, 1.165) is 29.3 Å². The normalized spacial score (nSPS) is 26.5. The monoisotopic (exact) mass is 284 g/mol. The molecule has 0 bridgehead atoms. The number of rotatable bonds is 2. The highest BCUT2D eigenvalue weighted by Crippen LogP contribution is 2.27. The van der Waals surface area contributed by atoms with Crippen LogP contribution in [0.25, 0.3) is 10.9 Å². The molecule has 0 spiro atoms. The zero-order valence-corrected chi connectivity index (χ0v) is 12.9. The lowest BCUT2D eigenvalue weighted by atomic mass is 9.99. The third-order valence-electron chi connectivity index (χ3n) is 4.68. The third-order valence-corrected chi connectivity index (χ3v) is 4.68. The van der Waals surface area contributed by atoms with E-state index in [1.807, 2.05) is 30.5 Å². The van der Waals surface area contributed by atoms with Crippen LogP contribution in [0.4, 0.5) is 0 Å². The first kappa shape index (κ1) is 14.2. The molecule has 0 saturated heterocycles. The van der Waals surface area contributed by atoms with Crippen molar-refractivity contribution in [2.24, 2.45) is 11.8 Å². The maximum Gasteiger partial charge on any atom is 0.251 e. The average Bonchev–Trinajstić information content (AvgIpc) is 2.85. The molecule has 0 aliphatic heterocycles. The van der Waals surface area contributed by atoms with Crippen LogP contribution in [0.15, 0.2) is 30.5 Å². The number of fused-ring (bicyclic) bond motifs is 1. The summed E-state index contributed by atoms with van der Waals surface area (Å²) in [5, 5.41) is 4.38. The number of benzene rings is 1. The fraction of sp³-hybridized carbons (Fsp3) is 0.500. The molecule has 1 amide bonds. The number of aromatic nitrogens is 1. The second-order valence-electron chi connectivity index (χ2n) is 6.71. The lowest BCUT2D eigenvalue weighted by Gasteiger charge is -2.20. The maximum atomic E-state index is 12.5. The van der Waals surface area contributed by atoms with E-state index in [2.05, 4.69) is 24.1 Å². The molecule has 1 aliphatic carbocycles. The van der Waals surface area contributed by atoms with Crippen LogP contribution in [-0.4, -0.2) is 16.9 Å². The van der Waals surface area contributed by atoms with Gasteiger partial charge in [0.05, 0.1) is 0 Å². The number of H-pyrrole nitrogens is 1. The lowest BCUT2D eigenvalue weighted by Crippen LogP contribution is -2.36. The van der Waals surface area contributed by atoms with Gasteiger partial charge in [-0.05, 0) is 48.3 Å². The second-order valence-corrected chi connectivity index (χ2v) is 6.71. The summed E-state index contributed by atoms with van der Waals surface area (Å²) in [7, 11) is 0. The molecule has 112 valence electrons. The summed E-state index contributed by atoms with van der Waals surface area (Å²) >= 11 is 0. The van der Waals surface area contributed by atoms with Gasteiger partial charge in [0.1, 0.15) is 0 Å². The van der Waals surface area contributed by atoms with Crippen molar-refractivity contribution >= 4 is 16.8 Å². The topological polar surface area (TPSA) is 44.9 Å². The molecule has 1 aliphatic rings. The largest absolute Gasteiger partial charge is 0.361 e. The van der Waals surface area contributed by atoms with Gasteiger partial charge in [-0.25, -0.2) is 0 Å². The molecular weight excluding hydrogens is 260 g/mol. The number of hydrogen-bond acceptors (Lipinski definition) is 1. The second kappa shape index (κ2) is 5.92. The minimum Gasteiger partial charge on any atom is -0.361 e. The molecule has 21 heavy (non-hydrogen) atoms. The van der Waals surface area contributed by atoms with E-state index in [9.17, 15) is 4.79 Å². The Bertz CT molecular complexity index is 619. The molecule has 1 fully saturated rings. The Hall–Kier alpha value is -1.77. The Balaban J connectivity index is 1.72. The molecule has 3 atom stereocenters. The molecular formula is C18H24N2O. The molecule has 0 radical (unpaired) electrons. The zero-order valence-electron chi connectivity index (χ0n) is 12.9. The highest BCUT2D eigenvalue weighted by Gasteiger charge is 2.23. The van der Waals surface area contributed by atoms with Crippen molar-refractivity contribution in [3.63, 3.8) is 0 Å². The molecule has 2 N–H and O–H groups in total. The summed E-state index contributed by atoms with van der Waals surface area (Å²) in [6.07, 6.45) is 6.66. The minimum atomic E-state index is 0.0535. The number of nitrogens with one attached hydrogen (secondary N) is 2. The highest BCUT2D eigenvalue weighted by molar-refractivity contribution is 5.98. The first-order chi connectivity index (χ1) is 10.1. The molecule has 1 heterocycles. The van der Waals surface area contributed by atoms with Gasteiger partial charge in [0.25, 0.3) is 5.91 Å². The molecule has 2 aromatic rings. The van der Waals surface area contributed by atoms with Gasteiger partial charge in [0.2, 0.25) is 0 Å². The Morgan fingerprint density at radius 2 is 1.86 bits per heavy atom. The van der Waals surface area contributed by atoms with Gasteiger partial charge >= 0.3 is 0 Å². The van der Waals surface area contributed by atoms with Crippen molar-refractivity contribution in [1.29, 1.82) is 0 Å². The van der Waals surface area contributed by atoms with Crippen LogP contribution in [0.2, 0.25) is 0 Å². The SMILES string of the molecule is C[C@@H]1CC[C@H](C)C[C@H](NC(=O)c2ccc3cc[nH]c3c2)C1. The van der Waals surface area contributed by atoms with Gasteiger partial charge in [-0.15, -0.1) is 0 Å². The van der Waals surface area contributed by atoms with Crippen LogP contribution in [-0.2, 0) is 0 Å². The van der Waals surface area contributed by atoms with Gasteiger partial charge in [-0.1, -0.05) is 32.8 Å². The maximum absolute atomic E-state index is 12.5. The molecule has 1 saturated carbocycles. The smallest absolute Gasteiger partial charge is 0.251 e. The fourth-order valence-electron chi connectivity index (χ4n) is 3.45. The molecule has 1 aromatic carbocycles. The van der Waals surface area contributed by atoms with Crippen molar-refractivity contribution < 1.29 is 4.79 Å². The van der Waals surface area contributed by atoms with Gasteiger partial charge in [-0.2, -0.15) is 0 Å². The molecule has 3 heteroatoms. The zero-order chi connectivity index (χ0) is 14.8. The van der Waals surface area contributed by atoms with Gasteiger partial charge in [0.15, 0.2) is 0 Å². The van der Waals surface area contributed by atoms with E-state index in [1.165, 1.54) is 12.8 Å². The van der Waals surface area contributed by atoms with Crippen LogP contribution in [0, 0.1) is 11.8 Å². The average molecular weight is 284 g/mol. The first-order valence-electron chi connectivity index (χ1n) is 8.00. The Labute approximate surface area is 126 Å². The van der Waals surface area contributed by atoms with E-state index >= 15 is 0 Å². The van der Waals surface area contributed by atoms with Crippen LogP contribution in [0.3, 0.4) is 0 Å². The van der Waals surface area contributed by atoms with Gasteiger partial charge < -0.3 is 10.3 Å². The number of carbonyl (C=O) groups excluding carboxylic acids is 1. The summed E-state index contributed by atoms with van der Waals surface area (Å²) < 4.78 is 0. The summed E-state index contributed by atoms with van der Waals surface area (Å²) in [5.41, 5.74) is 1.76. The number of hydrogen-bond donors (Lipinski definition) is 2. The van der Waals surface area contributed by atoms with Crippen molar-refractivity contribution in [2.75, 3.05) is 0 Å². The fourth-order valence-corrected chi connectivity index (χ4v) is 3.45. The summed E-state index contributed by atoms with van der Waals surface area (Å²) in [6, 6.07) is 8.18. The van der Waals surface area contributed by atoms with E-state index in [0.29, 0.717) is 17.9 Å². The highest BCUT2D eigenvalue weighted by atomic mass is 16.1. The minimum absolute atomic E-state index is 0.0535. The molecule has 3 rings (SSSR count). The standard InChI is InChI=1S/C18H24N2O/c1-12-3-4-13(2)10-16(9-12)20-18(21)15-6-5-14-7-8-19-17(14)11-15/h5-8,11-13,16,19H,3-4,9-10H2,1-2H3,(H,20,21)/t12-,13+,16-. The van der Waals surface area contributed by atoms with E-state index in [-0.39, 0.29) is 5.91 Å². The quantitative estimate of drug-likeness (QED) is 0.801. The predicted octanol–water partition coefficient (Wildman–Crippen LogP) is 4.11. The van der Waals surface area contributed by atoms with Crippen molar-refractivity contribution in [3.8, 4) is 0 Å². The molecule has 3 nitrogen and oxygen atoms in total. The third kappa shape index (κ3) is 3.29. The van der Waals surface area contributed by atoms with Gasteiger partial charge in [-0.3, -0.25) is 4.79 Å². The van der Waals surface area contributed by atoms with Crippen molar-refractivity contribution in [1.82, 2.24) is 10.3 Å². The lowest BCUT2D eigenvalue weighted by molar-refractivity contribution is 0.0929. The van der Waals surface area contributed by atoms with E-state index < -0.39 is 0 Å². The van der Waals surface area contributed by atoms with Crippen molar-refractivity contribution in [2.45, 2.75) is 45.6 Å². The summed E-state index contributed by atoms with van der Waals surface area (Å²) in [6.45, 7) is 4.59. The van der Waals surface area contributed by atoms with Crippen LogP contribution in [0.5, 0.6) is 0 Å². The Morgan fingerprint density at radius 1 is 1.14 bits per heavy atom. The number of amides is 1. The first-order valence-corrected chi connectivity index (χ1v) is 8.00. The number of carbonyl (C=O) groups is 1. The Kier molecular flexibility index (Phi) is 4.00. The van der Waals surface area contributed by atoms with Crippen LogP contribution in [0.1, 0.15) is 49.9 Å². The summed E-state index contributed by atoms with van der Waals surface area (Å²) in [5.74, 6) is 1.45.